The van der Waals surface area contributed by atoms with E-state index >= 15 is 0 Å². The van der Waals surface area contributed by atoms with Gasteiger partial charge in [0.25, 0.3) is 0 Å². The van der Waals surface area contributed by atoms with E-state index in [2.05, 4.69) is 9.98 Å². The highest BCUT2D eigenvalue weighted by molar-refractivity contribution is 6.09. The Kier molecular flexibility index (Phi) is 5.64. The molecule has 0 aromatic heterocycles. The van der Waals surface area contributed by atoms with Crippen LogP contribution in [0.2, 0.25) is 0 Å². The summed E-state index contributed by atoms with van der Waals surface area (Å²) in [4.78, 5) is 22.2. The van der Waals surface area contributed by atoms with Crippen molar-refractivity contribution < 1.29 is 9.53 Å². The highest BCUT2D eigenvalue weighted by Crippen LogP contribution is 2.10. The lowest BCUT2D eigenvalue weighted by Gasteiger charge is -2.17. The van der Waals surface area contributed by atoms with E-state index in [4.69, 9.17) is 4.74 Å². The summed E-state index contributed by atoms with van der Waals surface area (Å²) in [7, 11) is 3.77. The number of amides is 1. The number of amidine groups is 2. The second-order valence-electron chi connectivity index (χ2n) is 5.84. The molecule has 1 aromatic carbocycles. The quantitative estimate of drug-likeness (QED) is 0.588. The van der Waals surface area contributed by atoms with E-state index in [9.17, 15) is 4.79 Å². The molecule has 0 atom stereocenters. The number of benzene rings is 1. The van der Waals surface area contributed by atoms with E-state index in [0.29, 0.717) is 5.84 Å². The van der Waals surface area contributed by atoms with E-state index in [0.717, 1.165) is 11.4 Å². The first-order valence-electron chi connectivity index (χ1n) is 6.79. The molecule has 0 N–H and O–H groups in total. The Labute approximate surface area is 126 Å². The average Bonchev–Trinajstić information content (AvgIpc) is 2.36. The van der Waals surface area contributed by atoms with Gasteiger partial charge in [0.15, 0.2) is 5.84 Å². The summed E-state index contributed by atoms with van der Waals surface area (Å²) in [6.45, 7) is 7.26. The first-order valence-corrected chi connectivity index (χ1v) is 6.79. The number of rotatable bonds is 1. The summed E-state index contributed by atoms with van der Waals surface area (Å²) >= 11 is 0. The van der Waals surface area contributed by atoms with Gasteiger partial charge in [0, 0.05) is 19.7 Å². The molecular weight excluding hydrogens is 266 g/mol. The van der Waals surface area contributed by atoms with Crippen LogP contribution in [-0.2, 0) is 4.74 Å². The average molecular weight is 289 g/mol. The zero-order valence-electron chi connectivity index (χ0n) is 13.5. The van der Waals surface area contributed by atoms with Gasteiger partial charge in [-0.1, -0.05) is 30.3 Å². The maximum atomic E-state index is 11.9. The van der Waals surface area contributed by atoms with E-state index in [1.807, 2.05) is 56.3 Å². The number of carbonyl (C=O) groups excluding carboxylic acids is 1. The lowest BCUT2D eigenvalue weighted by atomic mass is 10.2. The summed E-state index contributed by atoms with van der Waals surface area (Å²) in [6.07, 6.45) is -0.642. The van der Waals surface area contributed by atoms with Gasteiger partial charge < -0.3 is 9.64 Å². The second kappa shape index (κ2) is 7.02. The van der Waals surface area contributed by atoms with Crippen molar-refractivity contribution in [3.8, 4) is 0 Å². The van der Waals surface area contributed by atoms with Gasteiger partial charge in [-0.2, -0.15) is 4.99 Å². The van der Waals surface area contributed by atoms with Crippen LogP contribution in [0.25, 0.3) is 0 Å². The third-order valence-electron chi connectivity index (χ3n) is 2.54. The van der Waals surface area contributed by atoms with Crippen LogP contribution in [-0.4, -0.2) is 42.4 Å². The molecule has 1 rings (SSSR count). The molecule has 0 saturated heterocycles. The molecule has 0 aliphatic carbocycles. The molecule has 0 heterocycles. The van der Waals surface area contributed by atoms with Gasteiger partial charge in [0.05, 0.1) is 0 Å². The molecule has 5 heteroatoms. The minimum Gasteiger partial charge on any atom is -0.442 e. The molecule has 0 radical (unpaired) electrons. The number of aliphatic imine (C=N–C) groups is 2. The summed E-state index contributed by atoms with van der Waals surface area (Å²) in [5.41, 5.74) is 0.187. The van der Waals surface area contributed by atoms with Crippen molar-refractivity contribution >= 4 is 17.8 Å². The fourth-order valence-corrected chi connectivity index (χ4v) is 1.37. The Hall–Kier alpha value is -2.17. The van der Waals surface area contributed by atoms with Crippen LogP contribution in [0.3, 0.4) is 0 Å². The Morgan fingerprint density at radius 2 is 1.67 bits per heavy atom. The molecule has 0 unspecified atom stereocenters. The molecule has 0 spiro atoms. The van der Waals surface area contributed by atoms with Crippen LogP contribution >= 0.6 is 0 Å². The normalized spacial score (nSPS) is 13.0. The number of carbonyl (C=O) groups is 1. The minimum absolute atomic E-state index is 0.344. The lowest BCUT2D eigenvalue weighted by molar-refractivity contribution is 0.0604. The number of hydrogen-bond acceptors (Lipinski definition) is 2. The van der Waals surface area contributed by atoms with Crippen molar-refractivity contribution in [1.82, 2.24) is 4.90 Å². The van der Waals surface area contributed by atoms with Gasteiger partial charge in [0.2, 0.25) is 0 Å². The van der Waals surface area contributed by atoms with Gasteiger partial charge in [-0.3, -0.25) is 0 Å². The lowest BCUT2D eigenvalue weighted by Crippen LogP contribution is -2.23. The third-order valence-corrected chi connectivity index (χ3v) is 2.54. The molecule has 0 fully saturated rings. The summed E-state index contributed by atoms with van der Waals surface area (Å²) in [6, 6.07) is 9.36. The Balaban J connectivity index is 3.14. The predicted molar refractivity (Wildman–Crippen MR) is 86.0 cm³/mol. The molecule has 5 nitrogen and oxygen atoms in total. The summed E-state index contributed by atoms with van der Waals surface area (Å²) < 4.78 is 5.22. The fourth-order valence-electron chi connectivity index (χ4n) is 1.37. The Bertz CT molecular complexity index is 540. The van der Waals surface area contributed by atoms with Gasteiger partial charge in [0.1, 0.15) is 11.4 Å². The number of ether oxygens (including phenoxy) is 1. The van der Waals surface area contributed by atoms with Crippen molar-refractivity contribution in [1.29, 1.82) is 0 Å². The van der Waals surface area contributed by atoms with Crippen molar-refractivity contribution in [2.24, 2.45) is 9.98 Å². The number of nitrogens with zero attached hydrogens (tertiary/aromatic N) is 3. The van der Waals surface area contributed by atoms with Crippen LogP contribution in [0.15, 0.2) is 40.3 Å². The molecule has 0 aliphatic heterocycles. The predicted octanol–water partition coefficient (Wildman–Crippen LogP) is 3.35. The Morgan fingerprint density at radius 1 is 1.10 bits per heavy atom. The molecule has 114 valence electrons. The minimum atomic E-state index is -0.642. The zero-order chi connectivity index (χ0) is 16.0. The van der Waals surface area contributed by atoms with Crippen LogP contribution in [0.1, 0.15) is 33.3 Å². The fraction of sp³-hybridized carbons (Fsp3) is 0.438. The zero-order valence-corrected chi connectivity index (χ0v) is 13.5. The van der Waals surface area contributed by atoms with Gasteiger partial charge in [-0.25, -0.2) is 9.79 Å². The molecular formula is C16H23N3O2. The van der Waals surface area contributed by atoms with Crippen LogP contribution in [0, 0.1) is 0 Å². The number of hydrogen-bond donors (Lipinski definition) is 0. The van der Waals surface area contributed by atoms with Gasteiger partial charge in [-0.15, -0.1) is 0 Å². The van der Waals surface area contributed by atoms with Gasteiger partial charge in [-0.05, 0) is 27.7 Å². The van der Waals surface area contributed by atoms with E-state index in [-0.39, 0.29) is 0 Å². The van der Waals surface area contributed by atoms with Crippen molar-refractivity contribution in [2.75, 3.05) is 14.1 Å². The van der Waals surface area contributed by atoms with E-state index in [1.165, 1.54) is 0 Å². The molecule has 1 amide bonds. The summed E-state index contributed by atoms with van der Waals surface area (Å²) in [5.74, 6) is 1.09. The summed E-state index contributed by atoms with van der Waals surface area (Å²) in [5, 5.41) is 0. The van der Waals surface area contributed by atoms with Crippen molar-refractivity contribution in [2.45, 2.75) is 33.3 Å². The largest absolute Gasteiger partial charge is 0.442 e. The molecule has 0 bridgehead atoms. The molecule has 0 saturated carbocycles. The van der Waals surface area contributed by atoms with Crippen LogP contribution in [0.4, 0.5) is 4.79 Å². The standard InChI is InChI=1S/C16H23N3O2/c1-12(19(5)6)17-14(13-10-8-7-9-11-13)18-15(20)21-16(2,3)4/h7-11H,1-6H3/b17-12?,18-14+. The Morgan fingerprint density at radius 3 is 2.14 bits per heavy atom. The van der Waals surface area contributed by atoms with Crippen LogP contribution < -0.4 is 0 Å². The van der Waals surface area contributed by atoms with Crippen molar-refractivity contribution in [3.63, 3.8) is 0 Å². The first-order chi connectivity index (χ1) is 9.69. The van der Waals surface area contributed by atoms with Crippen molar-refractivity contribution in [3.05, 3.63) is 35.9 Å². The highest BCUT2D eigenvalue weighted by Gasteiger charge is 2.17. The SMILES string of the molecule is CC(=N/C(=N/C(=O)OC(C)(C)C)c1ccccc1)N(C)C. The molecule has 1 aromatic rings. The highest BCUT2D eigenvalue weighted by atomic mass is 16.6. The first kappa shape index (κ1) is 16.9. The smallest absolute Gasteiger partial charge is 0.436 e. The topological polar surface area (TPSA) is 54.3 Å². The van der Waals surface area contributed by atoms with E-state index < -0.39 is 11.7 Å². The van der Waals surface area contributed by atoms with Gasteiger partial charge >= 0.3 is 6.09 Å². The molecule has 21 heavy (non-hydrogen) atoms. The monoisotopic (exact) mass is 289 g/mol. The second-order valence-corrected chi connectivity index (χ2v) is 5.84. The maximum Gasteiger partial charge on any atom is 0.436 e. The van der Waals surface area contributed by atoms with Crippen LogP contribution in [0.5, 0.6) is 0 Å². The van der Waals surface area contributed by atoms with E-state index in [1.54, 1.807) is 20.8 Å². The third kappa shape index (κ3) is 6.21. The molecule has 0 aliphatic rings. The maximum absolute atomic E-state index is 11.9.